The van der Waals surface area contributed by atoms with Crippen molar-refractivity contribution in [2.45, 2.75) is 31.7 Å². The summed E-state index contributed by atoms with van der Waals surface area (Å²) in [6, 6.07) is 8.62. The molecule has 1 aromatic heterocycles. The van der Waals surface area contributed by atoms with Crippen LogP contribution in [-0.2, 0) is 6.54 Å². The first-order chi connectivity index (χ1) is 10.5. The molecule has 0 N–H and O–H groups in total. The van der Waals surface area contributed by atoms with Crippen molar-refractivity contribution in [1.29, 1.82) is 0 Å². The Hall–Kier alpha value is -0.770. The summed E-state index contributed by atoms with van der Waals surface area (Å²) in [7, 11) is 0. The largest absolute Gasteiger partial charge is 0.298 e. The number of piperidine rings is 1. The Labute approximate surface area is 142 Å². The molecule has 1 aliphatic rings. The molecule has 1 fully saturated rings. The lowest BCUT2D eigenvalue weighted by atomic mass is 9.91. The number of fused-ring (bicyclic) bond motifs is 1. The van der Waals surface area contributed by atoms with Gasteiger partial charge in [-0.1, -0.05) is 31.5 Å². The zero-order chi connectivity index (χ0) is 15.7. The van der Waals surface area contributed by atoms with E-state index in [1.165, 1.54) is 16.7 Å². The van der Waals surface area contributed by atoms with Crippen LogP contribution >= 0.6 is 23.4 Å². The molecule has 1 aromatic carbocycles. The molecule has 0 saturated carbocycles. The third-order valence-electron chi connectivity index (χ3n) is 4.39. The fourth-order valence-corrected chi connectivity index (χ4v) is 4.21. The molecule has 2 atom stereocenters. The second-order valence-corrected chi connectivity index (χ2v) is 7.87. The molecule has 0 unspecified atom stereocenters. The Morgan fingerprint density at radius 3 is 2.64 bits per heavy atom. The van der Waals surface area contributed by atoms with Gasteiger partial charge in [0, 0.05) is 35.5 Å². The number of benzene rings is 1. The Morgan fingerprint density at radius 1 is 1.23 bits per heavy atom. The highest BCUT2D eigenvalue weighted by Crippen LogP contribution is 2.28. The molecule has 0 amide bonds. The lowest BCUT2D eigenvalue weighted by molar-refractivity contribution is 0.134. The maximum atomic E-state index is 6.45. The molecule has 1 saturated heterocycles. The lowest BCUT2D eigenvalue weighted by Crippen LogP contribution is -2.38. The van der Waals surface area contributed by atoms with E-state index in [0.29, 0.717) is 5.15 Å². The number of halogens is 1. The van der Waals surface area contributed by atoms with Crippen LogP contribution in [0.1, 0.15) is 25.8 Å². The van der Waals surface area contributed by atoms with Crippen molar-refractivity contribution in [3.63, 3.8) is 0 Å². The highest BCUT2D eigenvalue weighted by atomic mass is 35.5. The first kappa shape index (κ1) is 16.1. The van der Waals surface area contributed by atoms with E-state index in [1.807, 2.05) is 0 Å². The highest BCUT2D eigenvalue weighted by molar-refractivity contribution is 7.98. The van der Waals surface area contributed by atoms with Crippen LogP contribution in [0.15, 0.2) is 29.2 Å². The summed E-state index contributed by atoms with van der Waals surface area (Å²) < 4.78 is 0. The minimum absolute atomic E-state index is 0.650. The molecule has 3 rings (SSSR count). The van der Waals surface area contributed by atoms with Gasteiger partial charge in [-0.05, 0) is 42.7 Å². The van der Waals surface area contributed by atoms with E-state index in [1.54, 1.807) is 11.8 Å². The molecule has 2 aromatic rings. The molecule has 22 heavy (non-hydrogen) atoms. The first-order valence-corrected chi connectivity index (χ1v) is 9.51. The van der Waals surface area contributed by atoms with Gasteiger partial charge in [-0.15, -0.1) is 11.8 Å². The topological polar surface area (TPSA) is 16.1 Å². The van der Waals surface area contributed by atoms with E-state index in [4.69, 9.17) is 11.6 Å². The summed E-state index contributed by atoms with van der Waals surface area (Å²) in [6.07, 6.45) is 3.41. The molecule has 1 aliphatic heterocycles. The van der Waals surface area contributed by atoms with Gasteiger partial charge in [-0.25, -0.2) is 4.98 Å². The van der Waals surface area contributed by atoms with Crippen LogP contribution in [0.2, 0.25) is 5.15 Å². The van der Waals surface area contributed by atoms with E-state index in [2.05, 4.69) is 54.3 Å². The number of nitrogens with zero attached hydrogens (tertiary/aromatic N) is 2. The van der Waals surface area contributed by atoms with E-state index >= 15 is 0 Å². The zero-order valence-electron chi connectivity index (χ0n) is 13.5. The predicted molar refractivity (Wildman–Crippen MR) is 96.8 cm³/mol. The summed E-state index contributed by atoms with van der Waals surface area (Å²) in [5.41, 5.74) is 2.13. The van der Waals surface area contributed by atoms with E-state index in [9.17, 15) is 0 Å². The SMILES string of the molecule is CSc1ccc2cc(CN3C[C@H](C)C[C@@H](C)C3)c(Cl)nc2c1. The molecule has 4 heteroatoms. The second kappa shape index (κ2) is 6.77. The summed E-state index contributed by atoms with van der Waals surface area (Å²) in [4.78, 5) is 8.36. The van der Waals surface area contributed by atoms with Crippen LogP contribution in [0, 0.1) is 11.8 Å². The van der Waals surface area contributed by atoms with Crippen molar-refractivity contribution in [3.05, 3.63) is 35.0 Å². The van der Waals surface area contributed by atoms with Crippen LogP contribution in [0.25, 0.3) is 10.9 Å². The van der Waals surface area contributed by atoms with E-state index in [0.717, 1.165) is 42.6 Å². The Kier molecular flexibility index (Phi) is 4.96. The van der Waals surface area contributed by atoms with Crippen molar-refractivity contribution < 1.29 is 0 Å². The Morgan fingerprint density at radius 2 is 1.95 bits per heavy atom. The van der Waals surface area contributed by atoms with Gasteiger partial charge < -0.3 is 0 Å². The molecule has 0 radical (unpaired) electrons. The summed E-state index contributed by atoms with van der Waals surface area (Å²) in [6.45, 7) is 7.90. The van der Waals surface area contributed by atoms with Crippen molar-refractivity contribution in [1.82, 2.24) is 9.88 Å². The van der Waals surface area contributed by atoms with Crippen molar-refractivity contribution >= 4 is 34.3 Å². The van der Waals surface area contributed by atoms with Crippen LogP contribution in [0.3, 0.4) is 0 Å². The number of aromatic nitrogens is 1. The average molecular weight is 335 g/mol. The number of rotatable bonds is 3. The molecule has 2 nitrogen and oxygen atoms in total. The van der Waals surface area contributed by atoms with Crippen molar-refractivity contribution in [2.24, 2.45) is 11.8 Å². The van der Waals surface area contributed by atoms with E-state index in [-0.39, 0.29) is 0 Å². The van der Waals surface area contributed by atoms with Crippen LogP contribution in [0.5, 0.6) is 0 Å². The third kappa shape index (κ3) is 3.58. The van der Waals surface area contributed by atoms with Gasteiger partial charge in [0.2, 0.25) is 0 Å². The maximum absolute atomic E-state index is 6.45. The number of likely N-dealkylation sites (tertiary alicyclic amines) is 1. The lowest BCUT2D eigenvalue weighted by Gasteiger charge is -2.35. The zero-order valence-corrected chi connectivity index (χ0v) is 15.0. The standard InChI is InChI=1S/C18H23ClN2S/c1-12-6-13(2)10-21(9-12)11-15-7-14-4-5-16(22-3)8-17(14)20-18(15)19/h4-5,7-8,12-13H,6,9-11H2,1-3H3/t12-,13-/m1/s1. The van der Waals surface area contributed by atoms with Crippen molar-refractivity contribution in [2.75, 3.05) is 19.3 Å². The van der Waals surface area contributed by atoms with Gasteiger partial charge in [0.05, 0.1) is 5.52 Å². The normalized spacial score (nSPS) is 23.1. The van der Waals surface area contributed by atoms with Crippen molar-refractivity contribution in [3.8, 4) is 0 Å². The number of hydrogen-bond donors (Lipinski definition) is 0. The van der Waals surface area contributed by atoms with Gasteiger partial charge in [-0.2, -0.15) is 0 Å². The third-order valence-corrected chi connectivity index (χ3v) is 5.44. The Bertz CT molecular complexity index is 663. The van der Waals surface area contributed by atoms with Crippen LogP contribution < -0.4 is 0 Å². The summed E-state index contributed by atoms with van der Waals surface area (Å²) in [5.74, 6) is 1.53. The van der Waals surface area contributed by atoms with Gasteiger partial charge in [0.1, 0.15) is 5.15 Å². The fourth-order valence-electron chi connectivity index (χ4n) is 3.57. The van der Waals surface area contributed by atoms with E-state index < -0.39 is 0 Å². The molecule has 0 aliphatic carbocycles. The fraction of sp³-hybridized carbons (Fsp3) is 0.500. The highest BCUT2D eigenvalue weighted by Gasteiger charge is 2.22. The Balaban J connectivity index is 1.86. The summed E-state index contributed by atoms with van der Waals surface area (Å²) >= 11 is 8.18. The minimum atomic E-state index is 0.650. The van der Waals surface area contributed by atoms with Gasteiger partial charge in [0.25, 0.3) is 0 Å². The molecule has 0 bridgehead atoms. The minimum Gasteiger partial charge on any atom is -0.298 e. The van der Waals surface area contributed by atoms with Gasteiger partial charge in [0.15, 0.2) is 0 Å². The second-order valence-electron chi connectivity index (χ2n) is 6.64. The summed E-state index contributed by atoms with van der Waals surface area (Å²) in [5, 5.41) is 1.83. The smallest absolute Gasteiger partial charge is 0.134 e. The maximum Gasteiger partial charge on any atom is 0.134 e. The molecule has 0 spiro atoms. The number of hydrogen-bond acceptors (Lipinski definition) is 3. The molecule has 118 valence electrons. The molecule has 2 heterocycles. The average Bonchev–Trinajstić information content (AvgIpc) is 2.46. The molecular formula is C18H23ClN2S. The monoisotopic (exact) mass is 334 g/mol. The first-order valence-electron chi connectivity index (χ1n) is 7.90. The number of thioether (sulfide) groups is 1. The number of pyridine rings is 1. The van der Waals surface area contributed by atoms with Gasteiger partial charge in [-0.3, -0.25) is 4.90 Å². The van der Waals surface area contributed by atoms with Crippen LogP contribution in [-0.4, -0.2) is 29.2 Å². The van der Waals surface area contributed by atoms with Crippen LogP contribution in [0.4, 0.5) is 0 Å². The molecular weight excluding hydrogens is 312 g/mol. The predicted octanol–water partition coefficient (Wildman–Crippen LogP) is 5.09. The quantitative estimate of drug-likeness (QED) is 0.574. The van der Waals surface area contributed by atoms with Gasteiger partial charge >= 0.3 is 0 Å².